The van der Waals surface area contributed by atoms with Crippen LogP contribution in [0, 0.1) is 0 Å². The van der Waals surface area contributed by atoms with Crippen molar-refractivity contribution < 1.29 is 9.90 Å². The van der Waals surface area contributed by atoms with E-state index in [2.05, 4.69) is 10.3 Å². The molecular weight excluding hydrogens is 218 g/mol. The Kier molecular flexibility index (Phi) is 3.02. The molecule has 0 fully saturated rings. The first-order valence-corrected chi connectivity index (χ1v) is 5.77. The molecule has 2 rings (SSSR count). The molecule has 1 aliphatic rings. The molecule has 0 bridgehead atoms. The third-order valence-corrected chi connectivity index (χ3v) is 3.06. The van der Waals surface area contributed by atoms with Crippen LogP contribution in [0.15, 0.2) is 0 Å². The topological polar surface area (TPSA) is 88.2 Å². The van der Waals surface area contributed by atoms with E-state index in [1.165, 1.54) is 0 Å². The second-order valence-corrected chi connectivity index (χ2v) is 4.60. The summed E-state index contributed by atoms with van der Waals surface area (Å²) in [6.07, 6.45) is 0.673. The molecule has 5 heteroatoms. The van der Waals surface area contributed by atoms with Crippen LogP contribution >= 0.6 is 0 Å². The molecule has 17 heavy (non-hydrogen) atoms. The minimum Gasteiger partial charge on any atom is -0.478 e. The lowest BCUT2D eigenvalue weighted by Gasteiger charge is -2.22. The average Bonchev–Trinajstić information content (AvgIpc) is 2.27. The molecular formula is C12H17N3O2. The van der Waals surface area contributed by atoms with Crippen molar-refractivity contribution in [1.82, 2.24) is 10.3 Å². The van der Waals surface area contributed by atoms with Crippen LogP contribution in [0.4, 0.5) is 5.69 Å². The lowest BCUT2D eigenvalue weighted by atomic mass is 9.94. The Morgan fingerprint density at radius 1 is 1.53 bits per heavy atom. The van der Waals surface area contributed by atoms with Crippen molar-refractivity contribution in [3.05, 3.63) is 22.5 Å². The Balaban J connectivity index is 2.69. The number of carboxylic acid groups (broad SMARTS) is 1. The molecule has 4 N–H and O–H groups in total. The van der Waals surface area contributed by atoms with Crippen molar-refractivity contribution in [3.63, 3.8) is 0 Å². The molecule has 0 aliphatic carbocycles. The summed E-state index contributed by atoms with van der Waals surface area (Å²) in [5.41, 5.74) is 8.82. The Bertz CT molecular complexity index is 469. The van der Waals surface area contributed by atoms with Gasteiger partial charge in [-0.25, -0.2) is 4.79 Å². The van der Waals surface area contributed by atoms with Crippen molar-refractivity contribution in [3.8, 4) is 0 Å². The summed E-state index contributed by atoms with van der Waals surface area (Å²) >= 11 is 0. The third-order valence-electron chi connectivity index (χ3n) is 3.06. The van der Waals surface area contributed by atoms with Crippen LogP contribution < -0.4 is 11.1 Å². The molecule has 2 heterocycles. The van der Waals surface area contributed by atoms with Gasteiger partial charge in [-0.2, -0.15) is 0 Å². The van der Waals surface area contributed by atoms with Crippen LogP contribution in [0.3, 0.4) is 0 Å². The van der Waals surface area contributed by atoms with Crippen molar-refractivity contribution in [2.75, 3.05) is 12.3 Å². The molecule has 0 unspecified atom stereocenters. The maximum absolute atomic E-state index is 11.3. The highest BCUT2D eigenvalue weighted by Gasteiger charge is 2.24. The number of nitrogen functional groups attached to an aromatic ring is 1. The second-order valence-electron chi connectivity index (χ2n) is 4.60. The predicted molar refractivity (Wildman–Crippen MR) is 65.1 cm³/mol. The van der Waals surface area contributed by atoms with Crippen LogP contribution in [0.2, 0.25) is 0 Å². The zero-order valence-corrected chi connectivity index (χ0v) is 10.1. The van der Waals surface area contributed by atoms with Gasteiger partial charge in [0.15, 0.2) is 0 Å². The number of aromatic nitrogens is 1. The summed E-state index contributed by atoms with van der Waals surface area (Å²) in [5, 5.41) is 12.5. The molecule has 0 saturated carbocycles. The SMILES string of the molecule is CC(C)c1nc2c(c(C(=O)O)c1N)CCNC2. The highest BCUT2D eigenvalue weighted by Crippen LogP contribution is 2.29. The Morgan fingerprint density at radius 3 is 2.82 bits per heavy atom. The summed E-state index contributed by atoms with van der Waals surface area (Å²) in [6.45, 7) is 5.32. The van der Waals surface area contributed by atoms with Crippen molar-refractivity contribution >= 4 is 11.7 Å². The standard InChI is InChI=1S/C12H17N3O2/c1-6(2)11-10(13)9(12(16)17)7-3-4-14-5-8(7)15-11/h6,14H,3-5,13H2,1-2H3,(H,16,17). The first-order valence-electron chi connectivity index (χ1n) is 5.77. The summed E-state index contributed by atoms with van der Waals surface area (Å²) in [4.78, 5) is 15.8. The van der Waals surface area contributed by atoms with Crippen LogP contribution in [0.25, 0.3) is 0 Å². The molecule has 0 aromatic carbocycles. The van der Waals surface area contributed by atoms with Crippen LogP contribution in [-0.2, 0) is 13.0 Å². The predicted octanol–water partition coefficient (Wildman–Crippen LogP) is 1.13. The van der Waals surface area contributed by atoms with E-state index in [4.69, 9.17) is 5.73 Å². The minimum absolute atomic E-state index is 0.125. The lowest BCUT2D eigenvalue weighted by Crippen LogP contribution is -2.28. The number of nitrogens with one attached hydrogen (secondary N) is 1. The van der Waals surface area contributed by atoms with E-state index in [-0.39, 0.29) is 11.5 Å². The molecule has 0 radical (unpaired) electrons. The van der Waals surface area contributed by atoms with Gasteiger partial charge in [-0.15, -0.1) is 0 Å². The fraction of sp³-hybridized carbons (Fsp3) is 0.500. The fourth-order valence-corrected chi connectivity index (χ4v) is 2.23. The molecule has 5 nitrogen and oxygen atoms in total. The first-order chi connectivity index (χ1) is 8.02. The van der Waals surface area contributed by atoms with Crippen molar-refractivity contribution in [1.29, 1.82) is 0 Å². The van der Waals surface area contributed by atoms with E-state index >= 15 is 0 Å². The molecule has 0 spiro atoms. The number of hydrogen-bond donors (Lipinski definition) is 3. The van der Waals surface area contributed by atoms with Crippen LogP contribution in [-0.4, -0.2) is 22.6 Å². The zero-order valence-electron chi connectivity index (χ0n) is 10.1. The summed E-state index contributed by atoms with van der Waals surface area (Å²) < 4.78 is 0. The quantitative estimate of drug-likeness (QED) is 0.715. The number of pyridine rings is 1. The van der Waals surface area contributed by atoms with Gasteiger partial charge >= 0.3 is 5.97 Å². The van der Waals surface area contributed by atoms with Gasteiger partial charge in [0.2, 0.25) is 0 Å². The molecule has 1 aromatic rings. The van der Waals surface area contributed by atoms with Gasteiger partial charge < -0.3 is 16.2 Å². The maximum atomic E-state index is 11.3. The Morgan fingerprint density at radius 2 is 2.24 bits per heavy atom. The normalized spacial score (nSPS) is 14.8. The maximum Gasteiger partial charge on any atom is 0.338 e. The smallest absolute Gasteiger partial charge is 0.338 e. The van der Waals surface area contributed by atoms with Gasteiger partial charge in [0.25, 0.3) is 0 Å². The molecule has 0 saturated heterocycles. The van der Waals surface area contributed by atoms with E-state index in [9.17, 15) is 9.90 Å². The molecule has 1 aromatic heterocycles. The van der Waals surface area contributed by atoms with E-state index in [1.54, 1.807) is 0 Å². The summed E-state index contributed by atoms with van der Waals surface area (Å²) in [7, 11) is 0. The number of carbonyl (C=O) groups is 1. The second kappa shape index (κ2) is 4.33. The van der Waals surface area contributed by atoms with E-state index in [0.29, 0.717) is 24.3 Å². The monoisotopic (exact) mass is 235 g/mol. The van der Waals surface area contributed by atoms with Gasteiger partial charge in [-0.05, 0) is 24.4 Å². The average molecular weight is 235 g/mol. The lowest BCUT2D eigenvalue weighted by molar-refractivity contribution is 0.0696. The van der Waals surface area contributed by atoms with Gasteiger partial charge in [0, 0.05) is 6.54 Å². The number of hydrogen-bond acceptors (Lipinski definition) is 4. The zero-order chi connectivity index (χ0) is 12.6. The number of carboxylic acids is 1. The van der Waals surface area contributed by atoms with Gasteiger partial charge in [-0.3, -0.25) is 4.98 Å². The first kappa shape index (κ1) is 11.9. The number of fused-ring (bicyclic) bond motifs is 1. The molecule has 0 atom stereocenters. The minimum atomic E-state index is -0.954. The Labute approximate surface area is 100 Å². The van der Waals surface area contributed by atoms with E-state index < -0.39 is 5.97 Å². The van der Waals surface area contributed by atoms with Crippen molar-refractivity contribution in [2.45, 2.75) is 32.7 Å². The number of anilines is 1. The van der Waals surface area contributed by atoms with E-state index in [0.717, 1.165) is 17.8 Å². The molecule has 92 valence electrons. The van der Waals surface area contributed by atoms with Crippen LogP contribution in [0.5, 0.6) is 0 Å². The van der Waals surface area contributed by atoms with Gasteiger partial charge in [0.1, 0.15) is 0 Å². The molecule has 0 amide bonds. The summed E-state index contributed by atoms with van der Waals surface area (Å²) in [6, 6.07) is 0. The number of aromatic carboxylic acids is 1. The van der Waals surface area contributed by atoms with Gasteiger partial charge in [0.05, 0.1) is 22.6 Å². The molecule has 1 aliphatic heterocycles. The highest BCUT2D eigenvalue weighted by atomic mass is 16.4. The number of nitrogens with zero attached hydrogens (tertiary/aromatic N) is 1. The largest absolute Gasteiger partial charge is 0.478 e. The van der Waals surface area contributed by atoms with E-state index in [1.807, 2.05) is 13.8 Å². The van der Waals surface area contributed by atoms with Crippen molar-refractivity contribution in [2.24, 2.45) is 0 Å². The van der Waals surface area contributed by atoms with Crippen LogP contribution in [0.1, 0.15) is 47.1 Å². The third kappa shape index (κ3) is 1.98. The van der Waals surface area contributed by atoms with Gasteiger partial charge in [-0.1, -0.05) is 13.8 Å². The fourth-order valence-electron chi connectivity index (χ4n) is 2.23. The Hall–Kier alpha value is -1.62. The number of nitrogens with two attached hydrogens (primary N) is 1. The number of rotatable bonds is 2. The highest BCUT2D eigenvalue weighted by molar-refractivity contribution is 5.96. The summed E-state index contributed by atoms with van der Waals surface area (Å²) in [5.74, 6) is -0.828.